The maximum absolute atomic E-state index is 12.6. The van der Waals surface area contributed by atoms with Crippen molar-refractivity contribution in [3.05, 3.63) is 70.2 Å². The largest absolute Gasteiger partial charge is 0.416 e. The summed E-state index contributed by atoms with van der Waals surface area (Å²) in [4.78, 5) is 0. The van der Waals surface area contributed by atoms with Crippen molar-refractivity contribution in [1.29, 1.82) is 0 Å². The highest BCUT2D eigenvalue weighted by molar-refractivity contribution is 6.30. The molecular formula is C16H12ClF3O. The van der Waals surface area contributed by atoms with Gasteiger partial charge in [0.1, 0.15) is 5.60 Å². The SMILES string of the molecule is CC1OC1(c1ccc(Cl)cc1)c1ccc(C(F)(F)F)cc1. The third kappa shape index (κ3) is 2.43. The first kappa shape index (κ1) is 14.4. The number of epoxide rings is 1. The fraction of sp³-hybridized carbons (Fsp3) is 0.250. The van der Waals surface area contributed by atoms with Gasteiger partial charge in [0.25, 0.3) is 0 Å². The van der Waals surface area contributed by atoms with E-state index in [2.05, 4.69) is 0 Å². The molecule has 110 valence electrons. The quantitative estimate of drug-likeness (QED) is 0.709. The van der Waals surface area contributed by atoms with E-state index >= 15 is 0 Å². The smallest absolute Gasteiger partial charge is 0.356 e. The molecule has 2 aromatic carbocycles. The van der Waals surface area contributed by atoms with Gasteiger partial charge in [-0.15, -0.1) is 0 Å². The van der Waals surface area contributed by atoms with Crippen LogP contribution in [0, 0.1) is 0 Å². The molecule has 0 amide bonds. The van der Waals surface area contributed by atoms with Gasteiger partial charge in [0.2, 0.25) is 0 Å². The highest BCUT2D eigenvalue weighted by atomic mass is 35.5. The van der Waals surface area contributed by atoms with Gasteiger partial charge in [-0.3, -0.25) is 0 Å². The van der Waals surface area contributed by atoms with Crippen LogP contribution in [0.15, 0.2) is 48.5 Å². The topological polar surface area (TPSA) is 12.5 Å². The van der Waals surface area contributed by atoms with E-state index in [9.17, 15) is 13.2 Å². The molecule has 5 heteroatoms. The standard InChI is InChI=1S/C16H12ClF3O/c1-10-15(21-10,12-6-8-14(17)9-7-12)11-2-4-13(5-3-11)16(18,19)20/h2-10H,1H3. The third-order valence-corrected chi connectivity index (χ3v) is 4.04. The van der Waals surface area contributed by atoms with Crippen LogP contribution in [0.25, 0.3) is 0 Å². The van der Waals surface area contributed by atoms with Crippen molar-refractivity contribution in [2.24, 2.45) is 0 Å². The Morgan fingerprint density at radius 2 is 1.38 bits per heavy atom. The molecule has 1 aliphatic heterocycles. The number of benzene rings is 2. The van der Waals surface area contributed by atoms with Gasteiger partial charge in [-0.2, -0.15) is 13.2 Å². The van der Waals surface area contributed by atoms with Gasteiger partial charge < -0.3 is 4.74 Å². The first-order valence-electron chi connectivity index (χ1n) is 6.45. The van der Waals surface area contributed by atoms with Crippen LogP contribution in [0.5, 0.6) is 0 Å². The van der Waals surface area contributed by atoms with E-state index in [1.807, 2.05) is 19.1 Å². The molecule has 0 bridgehead atoms. The minimum Gasteiger partial charge on any atom is -0.356 e. The lowest BCUT2D eigenvalue weighted by molar-refractivity contribution is -0.137. The van der Waals surface area contributed by atoms with Crippen LogP contribution in [0.4, 0.5) is 13.2 Å². The molecule has 1 heterocycles. The predicted molar refractivity (Wildman–Crippen MR) is 74.2 cm³/mol. The average Bonchev–Trinajstić information content (AvgIpc) is 3.11. The van der Waals surface area contributed by atoms with E-state index in [1.54, 1.807) is 12.1 Å². The van der Waals surface area contributed by atoms with Gasteiger partial charge in [-0.05, 0) is 42.3 Å². The Kier molecular flexibility index (Phi) is 3.26. The molecule has 0 aromatic heterocycles. The Hall–Kier alpha value is -1.52. The van der Waals surface area contributed by atoms with Crippen LogP contribution in [-0.2, 0) is 16.5 Å². The lowest BCUT2D eigenvalue weighted by Gasteiger charge is -2.15. The first-order chi connectivity index (χ1) is 9.84. The van der Waals surface area contributed by atoms with Crippen molar-refractivity contribution in [3.8, 4) is 0 Å². The maximum Gasteiger partial charge on any atom is 0.416 e. The van der Waals surface area contributed by atoms with Gasteiger partial charge in [-0.1, -0.05) is 35.9 Å². The van der Waals surface area contributed by atoms with Gasteiger partial charge in [0, 0.05) is 5.02 Å². The summed E-state index contributed by atoms with van der Waals surface area (Å²) in [6.45, 7) is 1.90. The minimum absolute atomic E-state index is 0.0876. The Balaban J connectivity index is 1.99. The van der Waals surface area contributed by atoms with Gasteiger partial charge in [0.15, 0.2) is 0 Å². The molecule has 0 radical (unpaired) electrons. The number of rotatable bonds is 2. The molecule has 2 unspecified atom stereocenters. The van der Waals surface area contributed by atoms with E-state index in [0.717, 1.165) is 17.7 Å². The first-order valence-corrected chi connectivity index (χ1v) is 6.83. The molecule has 2 aromatic rings. The summed E-state index contributed by atoms with van der Waals surface area (Å²) in [6, 6.07) is 12.3. The summed E-state index contributed by atoms with van der Waals surface area (Å²) in [5.74, 6) is 0. The molecule has 2 atom stereocenters. The average molecular weight is 313 g/mol. The van der Waals surface area contributed by atoms with Gasteiger partial charge in [0.05, 0.1) is 11.7 Å². The molecule has 1 saturated heterocycles. The molecule has 1 nitrogen and oxygen atoms in total. The van der Waals surface area contributed by atoms with Crippen LogP contribution >= 0.6 is 11.6 Å². The Morgan fingerprint density at radius 3 is 1.76 bits per heavy atom. The molecule has 0 aliphatic carbocycles. The summed E-state index contributed by atoms with van der Waals surface area (Å²) in [5, 5.41) is 0.606. The molecule has 0 saturated carbocycles. The zero-order valence-electron chi connectivity index (χ0n) is 11.1. The highest BCUT2D eigenvalue weighted by Crippen LogP contribution is 2.51. The third-order valence-electron chi connectivity index (χ3n) is 3.79. The molecule has 0 N–H and O–H groups in total. The minimum atomic E-state index is -4.33. The lowest BCUT2D eigenvalue weighted by atomic mass is 9.88. The summed E-state index contributed by atoms with van der Waals surface area (Å²) in [6.07, 6.45) is -4.42. The van der Waals surface area contributed by atoms with E-state index in [-0.39, 0.29) is 6.10 Å². The van der Waals surface area contributed by atoms with E-state index in [0.29, 0.717) is 10.6 Å². The van der Waals surface area contributed by atoms with Crippen molar-refractivity contribution in [1.82, 2.24) is 0 Å². The maximum atomic E-state index is 12.6. The van der Waals surface area contributed by atoms with E-state index in [1.165, 1.54) is 12.1 Å². The van der Waals surface area contributed by atoms with Crippen LogP contribution < -0.4 is 0 Å². The predicted octanol–water partition coefficient (Wildman–Crippen LogP) is 5.02. The van der Waals surface area contributed by atoms with Crippen molar-refractivity contribution in [2.45, 2.75) is 24.8 Å². The van der Waals surface area contributed by atoms with Crippen LogP contribution in [0.2, 0.25) is 5.02 Å². The van der Waals surface area contributed by atoms with Crippen LogP contribution in [-0.4, -0.2) is 6.10 Å². The number of hydrogen-bond donors (Lipinski definition) is 0. The Labute approximate surface area is 125 Å². The summed E-state index contributed by atoms with van der Waals surface area (Å²) >= 11 is 5.87. The zero-order chi connectivity index (χ0) is 15.3. The Bertz CT molecular complexity index is 649. The summed E-state index contributed by atoms with van der Waals surface area (Å²) in [5.41, 5.74) is 0.268. The number of ether oxygens (including phenoxy) is 1. The van der Waals surface area contributed by atoms with Gasteiger partial charge >= 0.3 is 6.18 Å². The molecule has 1 aliphatic rings. The van der Waals surface area contributed by atoms with Crippen LogP contribution in [0.1, 0.15) is 23.6 Å². The molecular weight excluding hydrogens is 301 g/mol. The fourth-order valence-electron chi connectivity index (χ4n) is 2.62. The number of halogens is 4. The van der Waals surface area contributed by atoms with E-state index in [4.69, 9.17) is 16.3 Å². The van der Waals surface area contributed by atoms with Crippen molar-refractivity contribution in [3.63, 3.8) is 0 Å². The Morgan fingerprint density at radius 1 is 0.952 bits per heavy atom. The second-order valence-corrected chi connectivity index (χ2v) is 5.51. The van der Waals surface area contributed by atoms with Gasteiger partial charge in [-0.25, -0.2) is 0 Å². The summed E-state index contributed by atoms with van der Waals surface area (Å²) < 4.78 is 43.6. The van der Waals surface area contributed by atoms with Crippen LogP contribution in [0.3, 0.4) is 0 Å². The van der Waals surface area contributed by atoms with E-state index < -0.39 is 17.3 Å². The lowest BCUT2D eigenvalue weighted by Crippen LogP contribution is -2.14. The van der Waals surface area contributed by atoms with Crippen molar-refractivity contribution in [2.75, 3.05) is 0 Å². The monoisotopic (exact) mass is 312 g/mol. The molecule has 21 heavy (non-hydrogen) atoms. The number of alkyl halides is 3. The van der Waals surface area contributed by atoms with Crippen molar-refractivity contribution < 1.29 is 17.9 Å². The molecule has 3 rings (SSSR count). The second kappa shape index (κ2) is 4.75. The van der Waals surface area contributed by atoms with Crippen molar-refractivity contribution >= 4 is 11.6 Å². The fourth-order valence-corrected chi connectivity index (χ4v) is 2.75. The number of hydrogen-bond acceptors (Lipinski definition) is 1. The second-order valence-electron chi connectivity index (χ2n) is 5.08. The zero-order valence-corrected chi connectivity index (χ0v) is 11.9. The normalized spacial score (nSPS) is 24.9. The molecule has 0 spiro atoms. The molecule has 1 fully saturated rings. The summed E-state index contributed by atoms with van der Waals surface area (Å²) in [7, 11) is 0. The highest BCUT2D eigenvalue weighted by Gasteiger charge is 2.56.